The molecule has 6 nitrogen and oxygen atoms in total. The highest BCUT2D eigenvalue weighted by molar-refractivity contribution is 9.10. The van der Waals surface area contributed by atoms with Crippen LogP contribution in [-0.2, 0) is 19.8 Å². The summed E-state index contributed by atoms with van der Waals surface area (Å²) in [6, 6.07) is 0. The summed E-state index contributed by atoms with van der Waals surface area (Å²) in [4.78, 5) is 12.1. The molecule has 138 valence electrons. The van der Waals surface area contributed by atoms with Gasteiger partial charge in [-0.05, 0) is 29.3 Å². The van der Waals surface area contributed by atoms with Crippen molar-refractivity contribution >= 4 is 45.0 Å². The van der Waals surface area contributed by atoms with E-state index in [1.807, 2.05) is 0 Å². The zero-order chi connectivity index (χ0) is 18.9. The number of hydrogen-bond donors (Lipinski definition) is 1. The van der Waals surface area contributed by atoms with Gasteiger partial charge in [0.05, 0.1) is 10.2 Å². The molecule has 0 saturated carbocycles. The normalized spacial score (nSPS) is 11.8. The number of aromatic nitrogens is 4. The Bertz CT molecular complexity index is 803. The number of aryl methyl sites for hydroxylation is 3. The van der Waals surface area contributed by atoms with Crippen LogP contribution >= 0.6 is 39.1 Å². The molecule has 0 aliphatic rings. The monoisotopic (exact) mass is 461 g/mol. The van der Waals surface area contributed by atoms with Crippen molar-refractivity contribution < 1.29 is 18.0 Å². The molecule has 0 atom stereocenters. The van der Waals surface area contributed by atoms with Crippen LogP contribution in [0.15, 0.2) is 4.47 Å². The molecule has 25 heavy (non-hydrogen) atoms. The maximum atomic E-state index is 12.8. The van der Waals surface area contributed by atoms with Crippen molar-refractivity contribution in [2.24, 2.45) is 7.05 Å². The number of halogens is 6. The molecule has 2 rings (SSSR count). The maximum Gasteiger partial charge on any atom is 0.436 e. The lowest BCUT2D eigenvalue weighted by molar-refractivity contribution is -0.142. The van der Waals surface area contributed by atoms with Gasteiger partial charge in [-0.25, -0.2) is 0 Å². The zero-order valence-corrected chi connectivity index (χ0v) is 16.2. The molecule has 0 radical (unpaired) electrons. The molecule has 0 saturated heterocycles. The molecule has 1 N–H and O–H groups in total. The second-order valence-electron chi connectivity index (χ2n) is 5.16. The fourth-order valence-corrected chi connectivity index (χ4v) is 3.26. The predicted molar refractivity (Wildman–Crippen MR) is 89.8 cm³/mol. The van der Waals surface area contributed by atoms with Crippen LogP contribution in [0, 0.1) is 6.92 Å². The Kier molecular flexibility index (Phi) is 6.05. The number of hydrogen-bond acceptors (Lipinski definition) is 3. The molecule has 0 aliphatic carbocycles. The van der Waals surface area contributed by atoms with E-state index < -0.39 is 22.3 Å². The highest BCUT2D eigenvalue weighted by Gasteiger charge is 2.39. The minimum Gasteiger partial charge on any atom is -0.351 e. The molecule has 0 fully saturated rings. The highest BCUT2D eigenvalue weighted by atomic mass is 79.9. The Balaban J connectivity index is 1.97. The molecule has 12 heteroatoms. The Morgan fingerprint density at radius 1 is 1.32 bits per heavy atom. The van der Waals surface area contributed by atoms with Gasteiger partial charge < -0.3 is 5.32 Å². The first kappa shape index (κ1) is 20.1. The lowest BCUT2D eigenvalue weighted by atomic mass is 10.3. The Morgan fingerprint density at radius 2 is 1.96 bits per heavy atom. The third-order valence-electron chi connectivity index (χ3n) is 3.30. The van der Waals surface area contributed by atoms with E-state index in [9.17, 15) is 18.0 Å². The molecule has 0 aromatic carbocycles. The molecule has 2 aromatic heterocycles. The van der Waals surface area contributed by atoms with Crippen LogP contribution < -0.4 is 5.32 Å². The largest absolute Gasteiger partial charge is 0.436 e. The first-order chi connectivity index (χ1) is 11.5. The second kappa shape index (κ2) is 7.55. The minimum atomic E-state index is -4.65. The molecular formula is C13H13BrCl2F3N5O. The van der Waals surface area contributed by atoms with Gasteiger partial charge in [0.1, 0.15) is 15.9 Å². The number of nitrogens with one attached hydrogen (secondary N) is 1. The Labute approximate surface area is 159 Å². The van der Waals surface area contributed by atoms with Crippen molar-refractivity contribution in [1.29, 1.82) is 0 Å². The number of alkyl halides is 3. The predicted octanol–water partition coefficient (Wildman–Crippen LogP) is 3.83. The van der Waals surface area contributed by atoms with E-state index in [0.29, 0.717) is 28.8 Å². The average Bonchev–Trinajstić information content (AvgIpc) is 2.94. The molecule has 0 bridgehead atoms. The van der Waals surface area contributed by atoms with E-state index in [-0.39, 0.29) is 12.2 Å². The summed E-state index contributed by atoms with van der Waals surface area (Å²) in [6.45, 7) is 2.32. The lowest BCUT2D eigenvalue weighted by Gasteiger charge is -2.07. The average molecular weight is 463 g/mol. The van der Waals surface area contributed by atoms with Crippen molar-refractivity contribution in [3.63, 3.8) is 0 Å². The lowest BCUT2D eigenvalue weighted by Crippen LogP contribution is -2.27. The number of carbonyl (C=O) groups excluding carboxylic acids is 1. The van der Waals surface area contributed by atoms with Gasteiger partial charge >= 0.3 is 6.18 Å². The molecule has 0 spiro atoms. The summed E-state index contributed by atoms with van der Waals surface area (Å²) < 4.78 is 40.4. The summed E-state index contributed by atoms with van der Waals surface area (Å²) >= 11 is 14.7. The van der Waals surface area contributed by atoms with Gasteiger partial charge in [0, 0.05) is 20.1 Å². The second-order valence-corrected chi connectivity index (χ2v) is 6.68. The summed E-state index contributed by atoms with van der Waals surface area (Å²) in [6.07, 6.45) is -4.19. The van der Waals surface area contributed by atoms with Gasteiger partial charge in [0.25, 0.3) is 5.91 Å². The number of amides is 1. The van der Waals surface area contributed by atoms with E-state index in [0.717, 1.165) is 4.68 Å². The first-order valence-corrected chi connectivity index (χ1v) is 8.55. The fraction of sp³-hybridized carbons (Fsp3) is 0.462. The summed E-state index contributed by atoms with van der Waals surface area (Å²) in [7, 11) is 1.27. The smallest absolute Gasteiger partial charge is 0.351 e. The zero-order valence-electron chi connectivity index (χ0n) is 13.1. The van der Waals surface area contributed by atoms with Crippen molar-refractivity contribution in [3.05, 3.63) is 31.7 Å². The van der Waals surface area contributed by atoms with Gasteiger partial charge in [-0.15, -0.1) is 0 Å². The van der Waals surface area contributed by atoms with E-state index >= 15 is 0 Å². The highest BCUT2D eigenvalue weighted by Crippen LogP contribution is 2.35. The van der Waals surface area contributed by atoms with Crippen molar-refractivity contribution in [1.82, 2.24) is 24.9 Å². The molecule has 0 unspecified atom stereocenters. The van der Waals surface area contributed by atoms with E-state index in [4.69, 9.17) is 23.2 Å². The van der Waals surface area contributed by atoms with E-state index in [1.165, 1.54) is 11.7 Å². The Morgan fingerprint density at radius 3 is 2.44 bits per heavy atom. The van der Waals surface area contributed by atoms with Crippen LogP contribution in [0.25, 0.3) is 0 Å². The van der Waals surface area contributed by atoms with Gasteiger partial charge in [-0.2, -0.15) is 23.4 Å². The van der Waals surface area contributed by atoms with Gasteiger partial charge in [0.2, 0.25) is 0 Å². The van der Waals surface area contributed by atoms with Gasteiger partial charge in [-0.1, -0.05) is 23.2 Å². The standard InChI is InChI=1S/C13H13BrCl2F3N5O/c1-6-8(15)11(16)24(21-6)5-3-4-20-12(25)9-7(14)10(13(17,18)19)22-23(9)2/h3-5H2,1-2H3,(H,20,25). The van der Waals surface area contributed by atoms with Crippen molar-refractivity contribution in [2.45, 2.75) is 26.1 Å². The molecule has 2 aromatic rings. The van der Waals surface area contributed by atoms with Gasteiger partial charge in [0.15, 0.2) is 5.69 Å². The fourth-order valence-electron chi connectivity index (χ4n) is 2.12. The third kappa shape index (κ3) is 4.29. The molecule has 0 aliphatic heterocycles. The van der Waals surface area contributed by atoms with Crippen LogP contribution in [0.5, 0.6) is 0 Å². The SMILES string of the molecule is Cc1nn(CCCNC(=O)c2c(Br)c(C(F)(F)F)nn2C)c(Cl)c1Cl. The number of carbonyl (C=O) groups is 1. The van der Waals surface area contributed by atoms with Gasteiger partial charge in [-0.3, -0.25) is 14.2 Å². The summed E-state index contributed by atoms with van der Waals surface area (Å²) in [5.74, 6) is -0.668. The van der Waals surface area contributed by atoms with Crippen molar-refractivity contribution in [2.75, 3.05) is 6.54 Å². The minimum absolute atomic E-state index is 0.205. The van der Waals surface area contributed by atoms with Crippen LogP contribution in [0.3, 0.4) is 0 Å². The third-order valence-corrected chi connectivity index (χ3v) is 4.99. The topological polar surface area (TPSA) is 64.7 Å². The number of nitrogens with zero attached hydrogens (tertiary/aromatic N) is 4. The quantitative estimate of drug-likeness (QED) is 0.686. The summed E-state index contributed by atoms with van der Waals surface area (Å²) in [5.41, 5.74) is -0.758. The summed E-state index contributed by atoms with van der Waals surface area (Å²) in [5, 5.41) is 10.7. The van der Waals surface area contributed by atoms with Crippen LogP contribution in [-0.4, -0.2) is 32.0 Å². The maximum absolute atomic E-state index is 12.8. The molecule has 1 amide bonds. The van der Waals surface area contributed by atoms with Crippen LogP contribution in [0.4, 0.5) is 13.2 Å². The van der Waals surface area contributed by atoms with Crippen LogP contribution in [0.1, 0.15) is 28.3 Å². The first-order valence-electron chi connectivity index (χ1n) is 7.00. The number of rotatable bonds is 5. The van der Waals surface area contributed by atoms with Crippen LogP contribution in [0.2, 0.25) is 10.2 Å². The molecular weight excluding hydrogens is 450 g/mol. The Hall–Kier alpha value is -1.26. The van der Waals surface area contributed by atoms with Crippen molar-refractivity contribution in [3.8, 4) is 0 Å². The van der Waals surface area contributed by atoms with E-state index in [2.05, 4.69) is 31.4 Å². The molecule has 2 heterocycles. The van der Waals surface area contributed by atoms with E-state index in [1.54, 1.807) is 6.92 Å².